The topological polar surface area (TPSA) is 0 Å². The van der Waals surface area contributed by atoms with Crippen LogP contribution in [0.25, 0.3) is 32.7 Å². The molecule has 0 radical (unpaired) electrons. The Morgan fingerprint density at radius 1 is 0.844 bits per heavy atom. The fraction of sp³-hybridized carbons (Fsp3) is 0.138. The summed E-state index contributed by atoms with van der Waals surface area (Å²) in [5, 5.41) is 5.30. The predicted molar refractivity (Wildman–Crippen MR) is 126 cm³/mol. The molecular weight excluding hydrogens is 510 g/mol. The van der Waals surface area contributed by atoms with E-state index in [0.29, 0.717) is 0 Å². The molecule has 0 amide bonds. The zero-order valence-electron chi connectivity index (χ0n) is 18.3. The number of hydrogen-bond acceptors (Lipinski definition) is 0. The van der Waals surface area contributed by atoms with Crippen LogP contribution in [0, 0.1) is 12.1 Å². The van der Waals surface area contributed by atoms with Crippen LogP contribution < -0.4 is 24.8 Å². The molecule has 0 fully saturated rings. The monoisotopic (exact) mass is 532 g/mol. The van der Waals surface area contributed by atoms with Crippen LogP contribution in [0.1, 0.15) is 31.4 Å². The molecule has 0 N–H and O–H groups in total. The van der Waals surface area contributed by atoms with E-state index in [1.165, 1.54) is 47.0 Å². The molecule has 0 nitrogen and oxygen atoms in total. The van der Waals surface area contributed by atoms with Crippen molar-refractivity contribution in [2.75, 3.05) is 0 Å². The first kappa shape index (κ1) is 26.5. The van der Waals surface area contributed by atoms with Crippen LogP contribution in [0.5, 0.6) is 0 Å². The van der Waals surface area contributed by atoms with E-state index in [1.54, 1.807) is 24.2 Å². The summed E-state index contributed by atoms with van der Waals surface area (Å²) in [7, 11) is 0. The van der Waals surface area contributed by atoms with Crippen molar-refractivity contribution in [3.05, 3.63) is 108 Å². The van der Waals surface area contributed by atoms with Gasteiger partial charge in [-0.15, -0.1) is 47.0 Å². The predicted octanol–water partition coefficient (Wildman–Crippen LogP) is 1.42. The summed E-state index contributed by atoms with van der Waals surface area (Å²) in [5.74, 6) is 0. The maximum Gasteiger partial charge on any atom is -0.0240 e. The van der Waals surface area contributed by atoms with Gasteiger partial charge < -0.3 is 24.8 Å². The quantitative estimate of drug-likeness (QED) is 0.208. The molecule has 0 unspecified atom stereocenters. The maximum absolute atomic E-state index is 3.48. The number of benzene rings is 4. The third kappa shape index (κ3) is 5.76. The van der Waals surface area contributed by atoms with Gasteiger partial charge in [0.2, 0.25) is 0 Å². The SMILES string of the molecule is C[C](C)=[Zr+2].[C-]1=CC=CC1.[Cl-].[Cl-].[c-]1cccc2c1c1c(c3ccccc32)-c2ccccc2C1. The van der Waals surface area contributed by atoms with Gasteiger partial charge in [-0.25, -0.2) is 12.2 Å². The minimum atomic E-state index is 0. The van der Waals surface area contributed by atoms with Crippen LogP contribution in [0.3, 0.4) is 0 Å². The molecule has 0 atom stereocenters. The summed E-state index contributed by atoms with van der Waals surface area (Å²) in [6.07, 6.45) is 11.0. The minimum Gasteiger partial charge on any atom is -1.00 e. The first-order chi connectivity index (χ1) is 14.7. The van der Waals surface area contributed by atoms with Gasteiger partial charge in [-0.3, -0.25) is 6.08 Å². The molecule has 0 spiro atoms. The standard InChI is InChI=1S/C21H13.C5H5.C3H6.2ClH.Zr/c1-2-8-15-14(7-1)13-20-18-11-4-3-9-16(18)17-10-5-6-12-19(17)21(15)20;1-2-4-5-3-1;1-3-2;;;/h1-10,12H,13H2;1-3H,4H2;1-2H3;2*1H;/q2*-1;;;;+2/p-2. The Hall–Kier alpha value is -1.79. The van der Waals surface area contributed by atoms with Gasteiger partial charge in [0.1, 0.15) is 0 Å². The third-order valence-electron chi connectivity index (χ3n) is 5.19. The Labute approximate surface area is 218 Å². The molecule has 2 aliphatic rings. The third-order valence-corrected chi connectivity index (χ3v) is 5.19. The Morgan fingerprint density at radius 2 is 1.50 bits per heavy atom. The average Bonchev–Trinajstić information content (AvgIpc) is 3.45. The van der Waals surface area contributed by atoms with Crippen LogP contribution >= 0.6 is 0 Å². The number of fused-ring (bicyclic) bond motifs is 8. The minimum absolute atomic E-state index is 0. The number of allylic oxidation sites excluding steroid dienone is 4. The molecular formula is C29H24Cl2Zr-2. The number of rotatable bonds is 0. The second-order valence-electron chi connectivity index (χ2n) is 7.69. The molecule has 4 aromatic carbocycles. The zero-order chi connectivity index (χ0) is 20.9. The Balaban J connectivity index is 0.000000282. The molecule has 0 bridgehead atoms. The van der Waals surface area contributed by atoms with E-state index in [0.717, 1.165) is 12.8 Å². The zero-order valence-corrected chi connectivity index (χ0v) is 22.2. The van der Waals surface area contributed by atoms with Crippen LogP contribution in [0.15, 0.2) is 85.0 Å². The van der Waals surface area contributed by atoms with Gasteiger partial charge in [-0.05, 0) is 28.5 Å². The fourth-order valence-electron chi connectivity index (χ4n) is 4.07. The largest absolute Gasteiger partial charge is 1.00 e. The molecule has 0 saturated heterocycles. The van der Waals surface area contributed by atoms with Gasteiger partial charge in [0.05, 0.1) is 0 Å². The van der Waals surface area contributed by atoms with E-state index in [2.05, 4.69) is 92.7 Å². The van der Waals surface area contributed by atoms with E-state index in [9.17, 15) is 0 Å². The van der Waals surface area contributed by atoms with Crippen molar-refractivity contribution in [2.45, 2.75) is 26.7 Å². The Morgan fingerprint density at radius 3 is 2.16 bits per heavy atom. The van der Waals surface area contributed by atoms with E-state index in [4.69, 9.17) is 0 Å². The summed E-state index contributed by atoms with van der Waals surface area (Å²) in [5.41, 5.74) is 5.67. The summed E-state index contributed by atoms with van der Waals surface area (Å²) >= 11 is 1.55. The van der Waals surface area contributed by atoms with Crippen molar-refractivity contribution in [2.24, 2.45) is 0 Å². The van der Waals surface area contributed by atoms with Crippen molar-refractivity contribution in [3.8, 4) is 11.1 Å². The molecule has 0 heterocycles. The van der Waals surface area contributed by atoms with Gasteiger partial charge in [-0.1, -0.05) is 53.9 Å². The average molecular weight is 535 g/mol. The molecule has 4 aromatic rings. The molecule has 2 aliphatic carbocycles. The van der Waals surface area contributed by atoms with E-state index < -0.39 is 0 Å². The normalized spacial score (nSPS) is 11.9. The van der Waals surface area contributed by atoms with Gasteiger partial charge in [-0.2, -0.15) is 6.08 Å². The summed E-state index contributed by atoms with van der Waals surface area (Å²) in [4.78, 5) is 0. The smallest absolute Gasteiger partial charge is 0.0240 e. The molecule has 6 rings (SSSR count). The van der Waals surface area contributed by atoms with E-state index in [-0.39, 0.29) is 24.8 Å². The van der Waals surface area contributed by atoms with Crippen molar-refractivity contribution in [3.63, 3.8) is 0 Å². The van der Waals surface area contributed by atoms with Crippen LogP contribution in [0.4, 0.5) is 0 Å². The van der Waals surface area contributed by atoms with Crippen LogP contribution in [-0.4, -0.2) is 3.21 Å². The van der Waals surface area contributed by atoms with Crippen molar-refractivity contribution in [1.82, 2.24) is 0 Å². The summed E-state index contributed by atoms with van der Waals surface area (Å²) in [6.45, 7) is 4.25. The number of hydrogen-bond donors (Lipinski definition) is 0. The maximum atomic E-state index is 3.48. The van der Waals surface area contributed by atoms with Crippen LogP contribution in [-0.2, 0) is 30.7 Å². The van der Waals surface area contributed by atoms with Gasteiger partial charge in [0.25, 0.3) is 0 Å². The number of halogens is 2. The molecule has 3 heteroatoms. The van der Waals surface area contributed by atoms with E-state index in [1.807, 2.05) is 18.2 Å². The first-order valence-electron chi connectivity index (χ1n) is 10.3. The molecule has 0 aliphatic heterocycles. The summed E-state index contributed by atoms with van der Waals surface area (Å²) < 4.78 is 1.51. The fourth-order valence-corrected chi connectivity index (χ4v) is 4.07. The first-order valence-corrected chi connectivity index (χ1v) is 11.6. The second-order valence-corrected chi connectivity index (χ2v) is 10.2. The van der Waals surface area contributed by atoms with Gasteiger partial charge in [0, 0.05) is 0 Å². The molecule has 32 heavy (non-hydrogen) atoms. The Kier molecular flexibility index (Phi) is 10.3. The molecule has 0 aromatic heterocycles. The van der Waals surface area contributed by atoms with Crippen molar-refractivity contribution in [1.29, 1.82) is 0 Å². The van der Waals surface area contributed by atoms with E-state index >= 15 is 0 Å². The summed E-state index contributed by atoms with van der Waals surface area (Å²) in [6, 6.07) is 27.3. The van der Waals surface area contributed by atoms with Gasteiger partial charge in [0.15, 0.2) is 0 Å². The van der Waals surface area contributed by atoms with Crippen molar-refractivity contribution < 1.29 is 49.0 Å². The molecule has 160 valence electrons. The van der Waals surface area contributed by atoms with Gasteiger partial charge >= 0.3 is 41.3 Å². The second kappa shape index (κ2) is 12.5. The van der Waals surface area contributed by atoms with Crippen molar-refractivity contribution >= 4 is 24.8 Å². The molecule has 0 saturated carbocycles. The Bertz CT molecular complexity index is 1270. The van der Waals surface area contributed by atoms with Crippen LogP contribution in [0.2, 0.25) is 0 Å².